The zero-order valence-electron chi connectivity index (χ0n) is 15.3. The molecule has 1 aromatic carbocycles. The minimum Gasteiger partial charge on any atom is -0.478 e. The normalized spacial score (nSPS) is 20.9. The third-order valence-corrected chi connectivity index (χ3v) is 3.99. The fourth-order valence-electron chi connectivity index (χ4n) is 2.74. The molecule has 0 bridgehead atoms. The quantitative estimate of drug-likeness (QED) is 0.848. The molecule has 9 heteroatoms. The van der Waals surface area contributed by atoms with Crippen LogP contribution < -0.4 is 4.74 Å². The van der Waals surface area contributed by atoms with Crippen LogP contribution in [0.4, 0.5) is 18.0 Å². The van der Waals surface area contributed by atoms with Crippen molar-refractivity contribution in [3.8, 4) is 5.75 Å². The van der Waals surface area contributed by atoms with E-state index in [2.05, 4.69) is 0 Å². The summed E-state index contributed by atoms with van der Waals surface area (Å²) in [6.45, 7) is 5.12. The van der Waals surface area contributed by atoms with Gasteiger partial charge in [0.15, 0.2) is 0 Å². The Kier molecular flexibility index (Phi) is 5.63. The summed E-state index contributed by atoms with van der Waals surface area (Å²) in [6, 6.07) is 3.78. The average molecular weight is 389 g/mol. The van der Waals surface area contributed by atoms with Crippen LogP contribution in [-0.2, 0) is 15.7 Å². The smallest absolute Gasteiger partial charge is 0.416 e. The van der Waals surface area contributed by atoms with E-state index in [-0.39, 0.29) is 18.7 Å². The number of piperidine rings is 1. The molecule has 0 spiro atoms. The van der Waals surface area contributed by atoms with Crippen LogP contribution >= 0.6 is 0 Å². The molecule has 1 heterocycles. The number of alkyl halides is 3. The fourth-order valence-corrected chi connectivity index (χ4v) is 2.74. The van der Waals surface area contributed by atoms with Gasteiger partial charge in [-0.3, -0.25) is 0 Å². The van der Waals surface area contributed by atoms with Crippen molar-refractivity contribution in [2.75, 3.05) is 13.1 Å². The highest BCUT2D eigenvalue weighted by molar-refractivity contribution is 5.80. The van der Waals surface area contributed by atoms with Gasteiger partial charge in [-0.05, 0) is 51.5 Å². The van der Waals surface area contributed by atoms with Crippen molar-refractivity contribution in [2.24, 2.45) is 0 Å². The summed E-state index contributed by atoms with van der Waals surface area (Å²) in [7, 11) is 0. The van der Waals surface area contributed by atoms with Gasteiger partial charge in [0.25, 0.3) is 0 Å². The van der Waals surface area contributed by atoms with E-state index in [9.17, 15) is 27.9 Å². The lowest BCUT2D eigenvalue weighted by Crippen LogP contribution is -2.58. The van der Waals surface area contributed by atoms with E-state index < -0.39 is 35.0 Å². The predicted octanol–water partition coefficient (Wildman–Crippen LogP) is 3.94. The Morgan fingerprint density at radius 2 is 1.74 bits per heavy atom. The molecule has 1 saturated heterocycles. The summed E-state index contributed by atoms with van der Waals surface area (Å²) in [4.78, 5) is 25.4. The van der Waals surface area contributed by atoms with Crippen molar-refractivity contribution in [1.82, 2.24) is 4.90 Å². The molecule has 1 fully saturated rings. The SMILES string of the molecule is CC(C)(C)OC(=O)N1CCCC(Oc2ccc(C(F)(F)F)cc2)(C(=O)O)C1. The van der Waals surface area contributed by atoms with Crippen LogP contribution in [0.15, 0.2) is 24.3 Å². The van der Waals surface area contributed by atoms with Gasteiger partial charge in [0.2, 0.25) is 5.60 Å². The van der Waals surface area contributed by atoms with Gasteiger partial charge in [-0.2, -0.15) is 13.2 Å². The summed E-state index contributed by atoms with van der Waals surface area (Å²) in [5.74, 6) is -1.31. The highest BCUT2D eigenvalue weighted by Gasteiger charge is 2.47. The third-order valence-electron chi connectivity index (χ3n) is 3.99. The molecule has 1 aliphatic heterocycles. The van der Waals surface area contributed by atoms with Crippen molar-refractivity contribution in [1.29, 1.82) is 0 Å². The summed E-state index contributed by atoms with van der Waals surface area (Å²) in [5.41, 5.74) is -3.36. The number of nitrogens with zero attached hydrogens (tertiary/aromatic N) is 1. The van der Waals surface area contributed by atoms with E-state index in [0.717, 1.165) is 24.3 Å². The number of carbonyl (C=O) groups excluding carboxylic acids is 1. The summed E-state index contributed by atoms with van der Waals surface area (Å²) in [5, 5.41) is 9.68. The average Bonchev–Trinajstić information content (AvgIpc) is 2.53. The number of hydrogen-bond acceptors (Lipinski definition) is 4. The minimum atomic E-state index is -4.50. The number of hydrogen-bond donors (Lipinski definition) is 1. The van der Waals surface area contributed by atoms with Gasteiger partial charge >= 0.3 is 18.2 Å². The molecule has 0 saturated carbocycles. The second-order valence-corrected chi connectivity index (χ2v) is 7.43. The molecule has 1 aliphatic rings. The van der Waals surface area contributed by atoms with Crippen LogP contribution in [-0.4, -0.2) is 46.4 Å². The third kappa shape index (κ3) is 5.27. The van der Waals surface area contributed by atoms with Crippen LogP contribution in [0, 0.1) is 0 Å². The number of rotatable bonds is 3. The van der Waals surface area contributed by atoms with Gasteiger partial charge in [-0.15, -0.1) is 0 Å². The molecule has 1 amide bonds. The van der Waals surface area contributed by atoms with E-state index in [1.165, 1.54) is 4.90 Å². The molecular formula is C18H22F3NO5. The maximum absolute atomic E-state index is 12.7. The van der Waals surface area contributed by atoms with E-state index in [1.54, 1.807) is 20.8 Å². The molecule has 0 aromatic heterocycles. The maximum atomic E-state index is 12.7. The van der Waals surface area contributed by atoms with Gasteiger partial charge in [-0.1, -0.05) is 0 Å². The van der Waals surface area contributed by atoms with Crippen molar-refractivity contribution in [2.45, 2.75) is 51.0 Å². The molecule has 0 aliphatic carbocycles. The van der Waals surface area contributed by atoms with Gasteiger partial charge in [0, 0.05) is 13.0 Å². The van der Waals surface area contributed by atoms with Crippen LogP contribution in [0.2, 0.25) is 0 Å². The lowest BCUT2D eigenvalue weighted by Gasteiger charge is -2.40. The maximum Gasteiger partial charge on any atom is 0.416 e. The number of aliphatic carboxylic acids is 1. The monoisotopic (exact) mass is 389 g/mol. The topological polar surface area (TPSA) is 76.1 Å². The number of likely N-dealkylation sites (tertiary alicyclic amines) is 1. The molecule has 2 rings (SSSR count). The Hall–Kier alpha value is -2.45. The van der Waals surface area contributed by atoms with Crippen LogP contribution in [0.1, 0.15) is 39.2 Å². The van der Waals surface area contributed by atoms with Gasteiger partial charge in [0.05, 0.1) is 12.1 Å². The standard InChI is InChI=1S/C18H22F3NO5/c1-16(2,3)27-15(25)22-10-4-9-17(11-22,14(23)24)26-13-7-5-12(6-8-13)18(19,20)21/h5-8H,4,9-11H2,1-3H3,(H,23,24). The van der Waals surface area contributed by atoms with E-state index >= 15 is 0 Å². The minimum absolute atomic E-state index is 0.0172. The predicted molar refractivity (Wildman–Crippen MR) is 89.5 cm³/mol. The molecule has 150 valence electrons. The highest BCUT2D eigenvalue weighted by atomic mass is 19.4. The molecule has 6 nitrogen and oxygen atoms in total. The summed E-state index contributed by atoms with van der Waals surface area (Å²) < 4.78 is 48.8. The highest BCUT2D eigenvalue weighted by Crippen LogP contribution is 2.33. The van der Waals surface area contributed by atoms with Crippen LogP contribution in [0.3, 0.4) is 0 Å². The fraction of sp³-hybridized carbons (Fsp3) is 0.556. The molecule has 1 aromatic rings. The zero-order valence-corrected chi connectivity index (χ0v) is 15.3. The molecule has 27 heavy (non-hydrogen) atoms. The first kappa shape index (κ1) is 20.9. The number of halogens is 3. The van der Waals surface area contributed by atoms with Crippen LogP contribution in [0.25, 0.3) is 0 Å². The first-order valence-electron chi connectivity index (χ1n) is 8.40. The van der Waals surface area contributed by atoms with E-state index in [1.807, 2.05) is 0 Å². The van der Waals surface area contributed by atoms with Crippen molar-refractivity contribution >= 4 is 12.1 Å². The van der Waals surface area contributed by atoms with Crippen molar-refractivity contribution in [3.05, 3.63) is 29.8 Å². The molecular weight excluding hydrogens is 367 g/mol. The van der Waals surface area contributed by atoms with Crippen molar-refractivity contribution in [3.63, 3.8) is 0 Å². The number of benzene rings is 1. The van der Waals surface area contributed by atoms with E-state index in [4.69, 9.17) is 9.47 Å². The number of carboxylic acids is 1. The number of carbonyl (C=O) groups is 2. The van der Waals surface area contributed by atoms with Crippen molar-refractivity contribution < 1.29 is 37.3 Å². The second-order valence-electron chi connectivity index (χ2n) is 7.43. The summed E-state index contributed by atoms with van der Waals surface area (Å²) in [6.07, 6.45) is -4.69. The summed E-state index contributed by atoms with van der Waals surface area (Å²) >= 11 is 0. The van der Waals surface area contributed by atoms with Crippen LogP contribution in [0.5, 0.6) is 5.75 Å². The zero-order chi connectivity index (χ0) is 20.5. The largest absolute Gasteiger partial charge is 0.478 e. The Balaban J connectivity index is 2.19. The lowest BCUT2D eigenvalue weighted by atomic mass is 9.92. The van der Waals surface area contributed by atoms with Gasteiger partial charge in [-0.25, -0.2) is 9.59 Å². The second kappa shape index (κ2) is 7.28. The Labute approximate surface area is 154 Å². The molecule has 1 unspecified atom stereocenters. The molecule has 0 radical (unpaired) electrons. The Morgan fingerprint density at radius 3 is 2.22 bits per heavy atom. The lowest BCUT2D eigenvalue weighted by molar-refractivity contribution is -0.160. The molecule has 1 atom stereocenters. The van der Waals surface area contributed by atoms with Gasteiger partial charge < -0.3 is 19.5 Å². The number of amides is 1. The number of ether oxygens (including phenoxy) is 2. The Morgan fingerprint density at radius 1 is 1.15 bits per heavy atom. The van der Waals surface area contributed by atoms with Gasteiger partial charge in [0.1, 0.15) is 11.4 Å². The number of carboxylic acid groups (broad SMARTS) is 1. The Bertz CT molecular complexity index is 696. The molecule has 1 N–H and O–H groups in total. The first-order valence-corrected chi connectivity index (χ1v) is 8.40. The van der Waals surface area contributed by atoms with E-state index in [0.29, 0.717) is 13.0 Å². The first-order chi connectivity index (χ1) is 12.3.